The minimum atomic E-state index is -0.943. The average molecular weight is 265 g/mol. The highest BCUT2D eigenvalue weighted by atomic mass is 79.9. The molecule has 0 radical (unpaired) electrons. The summed E-state index contributed by atoms with van der Waals surface area (Å²) in [6.07, 6.45) is -0.943. The van der Waals surface area contributed by atoms with E-state index in [1.807, 2.05) is 0 Å². The Balaban J connectivity index is 2.55. The summed E-state index contributed by atoms with van der Waals surface area (Å²) >= 11 is 3.00. The van der Waals surface area contributed by atoms with Crippen molar-refractivity contribution in [2.45, 2.75) is 6.10 Å². The van der Waals surface area contributed by atoms with Gasteiger partial charge in [0.1, 0.15) is 24.3 Å². The van der Waals surface area contributed by atoms with Crippen molar-refractivity contribution in [2.75, 3.05) is 13.2 Å². The predicted molar refractivity (Wildman–Crippen MR) is 52.7 cm³/mol. The summed E-state index contributed by atoms with van der Waals surface area (Å²) in [5, 5.41) is 17.5. The summed E-state index contributed by atoms with van der Waals surface area (Å²) < 4.78 is 18.3. The first kappa shape index (κ1) is 11.4. The van der Waals surface area contributed by atoms with E-state index < -0.39 is 11.9 Å². The van der Waals surface area contributed by atoms with Crippen LogP contribution in [0.25, 0.3) is 0 Å². The van der Waals surface area contributed by atoms with Crippen LogP contribution in [0.1, 0.15) is 0 Å². The Hall–Kier alpha value is -0.650. The second-order valence-corrected chi connectivity index (χ2v) is 3.58. The molecular weight excluding hydrogens is 255 g/mol. The summed E-state index contributed by atoms with van der Waals surface area (Å²) in [7, 11) is 0. The highest BCUT2D eigenvalue weighted by molar-refractivity contribution is 9.10. The van der Waals surface area contributed by atoms with E-state index in [1.54, 1.807) is 6.07 Å². The van der Waals surface area contributed by atoms with E-state index in [1.165, 1.54) is 12.1 Å². The lowest BCUT2D eigenvalue weighted by molar-refractivity contribution is 0.0535. The zero-order valence-corrected chi connectivity index (χ0v) is 8.87. The van der Waals surface area contributed by atoms with Gasteiger partial charge in [0.15, 0.2) is 0 Å². The number of benzene rings is 1. The van der Waals surface area contributed by atoms with Crippen LogP contribution >= 0.6 is 15.9 Å². The molecule has 0 bridgehead atoms. The topological polar surface area (TPSA) is 49.7 Å². The first-order valence-corrected chi connectivity index (χ1v) is 4.79. The second-order valence-electron chi connectivity index (χ2n) is 2.72. The normalized spacial score (nSPS) is 12.6. The fourth-order valence-corrected chi connectivity index (χ4v) is 1.06. The van der Waals surface area contributed by atoms with Crippen molar-refractivity contribution in [1.29, 1.82) is 0 Å². The number of rotatable bonds is 4. The first-order chi connectivity index (χ1) is 6.63. The predicted octanol–water partition coefficient (Wildman–Crippen LogP) is 1.32. The van der Waals surface area contributed by atoms with E-state index in [4.69, 9.17) is 14.9 Å². The molecular formula is C9H10BrFO3. The Bertz CT molecular complexity index is 306. The second kappa shape index (κ2) is 5.29. The van der Waals surface area contributed by atoms with Crippen LogP contribution in [0, 0.1) is 5.82 Å². The van der Waals surface area contributed by atoms with Gasteiger partial charge in [-0.05, 0) is 28.1 Å². The molecule has 78 valence electrons. The molecule has 14 heavy (non-hydrogen) atoms. The molecule has 0 saturated carbocycles. The number of halogens is 2. The van der Waals surface area contributed by atoms with E-state index in [0.717, 1.165) is 0 Å². The number of aliphatic hydroxyl groups is 2. The van der Waals surface area contributed by atoms with Crippen LogP contribution < -0.4 is 4.74 Å². The Kier molecular flexibility index (Phi) is 4.31. The van der Waals surface area contributed by atoms with Crippen LogP contribution in [0.2, 0.25) is 0 Å². The third-order valence-corrected chi connectivity index (χ3v) is 2.19. The average Bonchev–Trinajstić information content (AvgIpc) is 2.19. The van der Waals surface area contributed by atoms with Crippen LogP contribution in [0.5, 0.6) is 5.75 Å². The third kappa shape index (κ3) is 3.25. The number of ether oxygens (including phenoxy) is 1. The molecule has 2 N–H and O–H groups in total. The molecule has 0 aromatic heterocycles. The Labute approximate surface area is 89.3 Å². The maximum absolute atomic E-state index is 12.9. The van der Waals surface area contributed by atoms with Crippen molar-refractivity contribution in [3.05, 3.63) is 28.5 Å². The maximum Gasteiger partial charge on any atom is 0.141 e. The number of hydrogen-bond acceptors (Lipinski definition) is 3. The first-order valence-electron chi connectivity index (χ1n) is 4.00. The van der Waals surface area contributed by atoms with Crippen molar-refractivity contribution in [1.82, 2.24) is 0 Å². The lowest BCUT2D eigenvalue weighted by atomic mass is 10.3. The summed E-state index contributed by atoms with van der Waals surface area (Å²) in [4.78, 5) is 0. The van der Waals surface area contributed by atoms with Crippen molar-refractivity contribution in [2.24, 2.45) is 0 Å². The highest BCUT2D eigenvalue weighted by Crippen LogP contribution is 2.20. The molecule has 0 aliphatic rings. The van der Waals surface area contributed by atoms with Crippen molar-refractivity contribution in [3.63, 3.8) is 0 Å². The maximum atomic E-state index is 12.9. The zero-order chi connectivity index (χ0) is 10.6. The lowest BCUT2D eigenvalue weighted by Crippen LogP contribution is -2.21. The standard InChI is InChI=1S/C9H10BrFO3/c10-8-2-1-7(3-9(8)11)14-5-6(13)4-12/h1-3,6,12-13H,4-5H2/t6-/m1/s1. The Morgan fingerprint density at radius 3 is 2.79 bits per heavy atom. The van der Waals surface area contributed by atoms with E-state index >= 15 is 0 Å². The molecule has 1 rings (SSSR count). The molecule has 0 saturated heterocycles. The minimum Gasteiger partial charge on any atom is -0.491 e. The monoisotopic (exact) mass is 264 g/mol. The molecule has 0 aliphatic carbocycles. The molecule has 1 atom stereocenters. The van der Waals surface area contributed by atoms with E-state index in [2.05, 4.69) is 15.9 Å². The van der Waals surface area contributed by atoms with Crippen molar-refractivity contribution in [3.8, 4) is 5.75 Å². The van der Waals surface area contributed by atoms with Gasteiger partial charge in [0.05, 0.1) is 11.1 Å². The van der Waals surface area contributed by atoms with Crippen LogP contribution in [0.3, 0.4) is 0 Å². The molecule has 0 spiro atoms. The fourth-order valence-electron chi connectivity index (χ4n) is 0.812. The zero-order valence-electron chi connectivity index (χ0n) is 7.28. The van der Waals surface area contributed by atoms with Gasteiger partial charge in [-0.1, -0.05) is 0 Å². The highest BCUT2D eigenvalue weighted by Gasteiger charge is 2.05. The van der Waals surface area contributed by atoms with Gasteiger partial charge < -0.3 is 14.9 Å². The molecule has 3 nitrogen and oxygen atoms in total. The number of aliphatic hydroxyl groups excluding tert-OH is 2. The Morgan fingerprint density at radius 2 is 2.21 bits per heavy atom. The van der Waals surface area contributed by atoms with Gasteiger partial charge in [0.2, 0.25) is 0 Å². The van der Waals surface area contributed by atoms with Crippen LogP contribution in [0.15, 0.2) is 22.7 Å². The molecule has 0 amide bonds. The van der Waals surface area contributed by atoms with Gasteiger partial charge in [-0.2, -0.15) is 0 Å². The quantitative estimate of drug-likeness (QED) is 0.863. The van der Waals surface area contributed by atoms with Gasteiger partial charge >= 0.3 is 0 Å². The van der Waals surface area contributed by atoms with Gasteiger partial charge in [-0.15, -0.1) is 0 Å². The fraction of sp³-hybridized carbons (Fsp3) is 0.333. The molecule has 0 unspecified atom stereocenters. The largest absolute Gasteiger partial charge is 0.491 e. The minimum absolute atomic E-state index is 0.0580. The summed E-state index contributed by atoms with van der Waals surface area (Å²) in [6.45, 7) is -0.434. The molecule has 1 aromatic carbocycles. The molecule has 0 fully saturated rings. The van der Waals surface area contributed by atoms with Gasteiger partial charge in [-0.3, -0.25) is 0 Å². The Morgan fingerprint density at radius 1 is 1.50 bits per heavy atom. The smallest absolute Gasteiger partial charge is 0.141 e. The van der Waals surface area contributed by atoms with Crippen LogP contribution in [-0.2, 0) is 0 Å². The SMILES string of the molecule is OC[C@@H](O)COc1ccc(Br)c(F)c1. The van der Waals surface area contributed by atoms with E-state index in [9.17, 15) is 4.39 Å². The van der Waals surface area contributed by atoms with Gasteiger partial charge in [0, 0.05) is 6.07 Å². The van der Waals surface area contributed by atoms with Crippen molar-refractivity contribution >= 4 is 15.9 Å². The van der Waals surface area contributed by atoms with E-state index in [0.29, 0.717) is 10.2 Å². The summed E-state index contributed by atoms with van der Waals surface area (Å²) in [5.41, 5.74) is 0. The van der Waals surface area contributed by atoms with Gasteiger partial charge in [0.25, 0.3) is 0 Å². The summed E-state index contributed by atoms with van der Waals surface area (Å²) in [5.74, 6) is -0.112. The van der Waals surface area contributed by atoms with Crippen LogP contribution in [0.4, 0.5) is 4.39 Å². The molecule has 0 heterocycles. The molecule has 5 heteroatoms. The van der Waals surface area contributed by atoms with Crippen LogP contribution in [-0.4, -0.2) is 29.5 Å². The number of hydrogen-bond donors (Lipinski definition) is 2. The van der Waals surface area contributed by atoms with E-state index in [-0.39, 0.29) is 13.2 Å². The summed E-state index contributed by atoms with van der Waals surface area (Å²) in [6, 6.07) is 4.28. The molecule has 0 aliphatic heterocycles. The third-order valence-electron chi connectivity index (χ3n) is 1.54. The van der Waals surface area contributed by atoms with Crippen molar-refractivity contribution < 1.29 is 19.3 Å². The van der Waals surface area contributed by atoms with Gasteiger partial charge in [-0.25, -0.2) is 4.39 Å². The molecule has 1 aromatic rings. The lowest BCUT2D eigenvalue weighted by Gasteiger charge is -2.09.